The molecule has 0 aromatic heterocycles. The van der Waals surface area contributed by atoms with Crippen molar-refractivity contribution in [1.82, 2.24) is 0 Å². The molecule has 1 amide bonds. The van der Waals surface area contributed by atoms with E-state index in [9.17, 15) is 9.59 Å². The number of hydrogen-bond donors (Lipinski definition) is 1. The van der Waals surface area contributed by atoms with E-state index in [1.165, 1.54) is 42.0 Å². The molecule has 0 unspecified atom stereocenters. The summed E-state index contributed by atoms with van der Waals surface area (Å²) < 4.78 is 5.47. The van der Waals surface area contributed by atoms with Crippen LogP contribution in [0.25, 0.3) is 11.6 Å². The summed E-state index contributed by atoms with van der Waals surface area (Å²) in [6.45, 7) is 13.0. The second-order valence-electron chi connectivity index (χ2n) is 11.1. The number of benzene rings is 3. The summed E-state index contributed by atoms with van der Waals surface area (Å²) in [6.07, 6.45) is 4.55. The van der Waals surface area contributed by atoms with E-state index in [1.54, 1.807) is 36.4 Å². The Morgan fingerprint density at radius 1 is 0.778 bits per heavy atom. The molecule has 0 radical (unpaired) electrons. The van der Waals surface area contributed by atoms with Crippen molar-refractivity contribution in [3.05, 3.63) is 94.5 Å². The quantitative estimate of drug-likeness (QED) is 0.230. The number of hydrogen-bond acceptors (Lipinski definition) is 3. The molecule has 4 heteroatoms. The molecule has 36 heavy (non-hydrogen) atoms. The van der Waals surface area contributed by atoms with Crippen LogP contribution in [0, 0.1) is 0 Å². The molecule has 0 saturated carbocycles. The zero-order valence-corrected chi connectivity index (χ0v) is 22.1. The van der Waals surface area contributed by atoms with Gasteiger partial charge < -0.3 is 10.1 Å². The molecule has 4 nitrogen and oxygen atoms in total. The van der Waals surface area contributed by atoms with E-state index in [1.807, 2.05) is 12.1 Å². The van der Waals surface area contributed by atoms with Gasteiger partial charge in [-0.25, -0.2) is 4.79 Å². The van der Waals surface area contributed by atoms with Crippen molar-refractivity contribution in [2.75, 3.05) is 5.32 Å². The molecule has 0 aliphatic heterocycles. The Kier molecular flexibility index (Phi) is 6.90. The normalized spacial score (nSPS) is 16.1. The van der Waals surface area contributed by atoms with Crippen molar-refractivity contribution in [2.24, 2.45) is 0 Å². The number of amides is 1. The van der Waals surface area contributed by atoms with Gasteiger partial charge in [0.2, 0.25) is 5.91 Å². The summed E-state index contributed by atoms with van der Waals surface area (Å²) in [4.78, 5) is 23.7. The van der Waals surface area contributed by atoms with Crippen molar-refractivity contribution in [1.29, 1.82) is 0 Å². The average Bonchev–Trinajstić information content (AvgIpc) is 2.83. The van der Waals surface area contributed by atoms with E-state index in [0.29, 0.717) is 17.0 Å². The van der Waals surface area contributed by atoms with Crippen LogP contribution in [0.5, 0.6) is 5.75 Å². The molecule has 3 aromatic rings. The van der Waals surface area contributed by atoms with E-state index in [-0.39, 0.29) is 16.7 Å². The Morgan fingerprint density at radius 3 is 1.97 bits per heavy atom. The molecule has 0 saturated heterocycles. The van der Waals surface area contributed by atoms with Gasteiger partial charge >= 0.3 is 5.97 Å². The Hall–Kier alpha value is -3.66. The molecule has 0 bridgehead atoms. The summed E-state index contributed by atoms with van der Waals surface area (Å²) in [6, 6.07) is 21.1. The number of allylic oxidation sites excluding steroid dienone is 1. The molecule has 0 atom stereocenters. The Balaban J connectivity index is 1.48. The lowest BCUT2D eigenvalue weighted by molar-refractivity contribution is -0.114. The van der Waals surface area contributed by atoms with Gasteiger partial charge in [0.25, 0.3) is 0 Å². The topological polar surface area (TPSA) is 55.4 Å². The summed E-state index contributed by atoms with van der Waals surface area (Å²) in [5, 5.41) is 2.69. The average molecular weight is 482 g/mol. The molecule has 1 aliphatic rings. The van der Waals surface area contributed by atoms with Crippen LogP contribution in [0.4, 0.5) is 5.69 Å². The Bertz CT molecular complexity index is 1310. The number of fused-ring (bicyclic) bond motifs is 1. The van der Waals surface area contributed by atoms with Crippen LogP contribution in [0.3, 0.4) is 0 Å². The second-order valence-corrected chi connectivity index (χ2v) is 11.1. The van der Waals surface area contributed by atoms with Crippen LogP contribution in [-0.4, -0.2) is 11.9 Å². The lowest BCUT2D eigenvalue weighted by atomic mass is 9.63. The number of carbonyl (C=O) groups is 2. The van der Waals surface area contributed by atoms with Crippen molar-refractivity contribution >= 4 is 29.2 Å². The monoisotopic (exact) mass is 481 g/mol. The summed E-state index contributed by atoms with van der Waals surface area (Å²) >= 11 is 0. The zero-order valence-electron chi connectivity index (χ0n) is 22.1. The molecule has 186 valence electrons. The van der Waals surface area contributed by atoms with Gasteiger partial charge in [-0.15, -0.1) is 0 Å². The highest BCUT2D eigenvalue weighted by molar-refractivity contribution is 5.92. The molecular formula is C32H35NO3. The van der Waals surface area contributed by atoms with E-state index in [2.05, 4.69) is 64.2 Å². The molecule has 1 aliphatic carbocycles. The highest BCUT2D eigenvalue weighted by atomic mass is 16.5. The third-order valence-corrected chi connectivity index (χ3v) is 7.22. The first kappa shape index (κ1) is 25.4. The number of ether oxygens (including phenoxy) is 1. The van der Waals surface area contributed by atoms with E-state index in [4.69, 9.17) is 4.74 Å². The van der Waals surface area contributed by atoms with Gasteiger partial charge in [0.15, 0.2) is 0 Å². The minimum Gasteiger partial charge on any atom is -0.423 e. The highest BCUT2D eigenvalue weighted by Crippen LogP contribution is 2.46. The summed E-state index contributed by atoms with van der Waals surface area (Å²) in [7, 11) is 0. The third kappa shape index (κ3) is 5.59. The van der Waals surface area contributed by atoms with Gasteiger partial charge in [-0.3, -0.25) is 4.79 Å². The Labute approximate surface area is 214 Å². The van der Waals surface area contributed by atoms with Crippen LogP contribution in [0.2, 0.25) is 0 Å². The molecule has 0 fully saturated rings. The molecule has 0 heterocycles. The number of esters is 1. The third-order valence-electron chi connectivity index (χ3n) is 7.22. The van der Waals surface area contributed by atoms with Gasteiger partial charge in [0.1, 0.15) is 5.75 Å². The maximum Gasteiger partial charge on any atom is 0.343 e. The molecular weight excluding hydrogens is 446 g/mol. The van der Waals surface area contributed by atoms with Crippen molar-refractivity contribution < 1.29 is 14.3 Å². The van der Waals surface area contributed by atoms with Crippen LogP contribution in [0.15, 0.2) is 66.7 Å². The van der Waals surface area contributed by atoms with Crippen LogP contribution >= 0.6 is 0 Å². The predicted octanol–water partition coefficient (Wildman–Crippen LogP) is 7.77. The van der Waals surface area contributed by atoms with Crippen LogP contribution in [0.1, 0.15) is 87.0 Å². The molecule has 1 N–H and O–H groups in total. The van der Waals surface area contributed by atoms with Crippen molar-refractivity contribution in [3.63, 3.8) is 0 Å². The lowest BCUT2D eigenvalue weighted by Gasteiger charge is -2.42. The molecule has 4 rings (SSSR count). The zero-order chi connectivity index (χ0) is 26.1. The molecule has 3 aromatic carbocycles. The number of nitrogens with one attached hydrogen (secondary N) is 1. The fourth-order valence-electron chi connectivity index (χ4n) is 4.86. The van der Waals surface area contributed by atoms with Crippen LogP contribution < -0.4 is 10.1 Å². The van der Waals surface area contributed by atoms with Crippen LogP contribution in [-0.2, 0) is 15.6 Å². The predicted molar refractivity (Wildman–Crippen MR) is 147 cm³/mol. The van der Waals surface area contributed by atoms with Gasteiger partial charge in [-0.05, 0) is 94.8 Å². The van der Waals surface area contributed by atoms with E-state index < -0.39 is 5.97 Å². The smallest absolute Gasteiger partial charge is 0.343 e. The maximum atomic E-state index is 12.6. The van der Waals surface area contributed by atoms with Crippen molar-refractivity contribution in [3.8, 4) is 5.75 Å². The first-order valence-corrected chi connectivity index (χ1v) is 12.5. The Morgan fingerprint density at radius 2 is 1.36 bits per heavy atom. The minimum absolute atomic E-state index is 0.150. The number of anilines is 1. The lowest BCUT2D eigenvalue weighted by Crippen LogP contribution is -2.33. The van der Waals surface area contributed by atoms with Gasteiger partial charge in [0, 0.05) is 12.6 Å². The molecule has 0 spiro atoms. The first-order chi connectivity index (χ1) is 16.9. The maximum absolute atomic E-state index is 12.6. The van der Waals surface area contributed by atoms with Gasteiger partial charge in [0.05, 0.1) is 5.56 Å². The van der Waals surface area contributed by atoms with Gasteiger partial charge in [-0.1, -0.05) is 64.1 Å². The van der Waals surface area contributed by atoms with E-state index in [0.717, 1.165) is 5.56 Å². The highest BCUT2D eigenvalue weighted by Gasteiger charge is 2.36. The summed E-state index contributed by atoms with van der Waals surface area (Å²) in [5.74, 6) is -0.148. The fourth-order valence-corrected chi connectivity index (χ4v) is 4.86. The standard InChI is InChI=1S/C32H35NO3/c1-21(25-11-16-28-29(20-25)32(5,6)18-17-31(28,3)4)19-23-7-9-24(10-8-23)30(35)36-27-14-12-26(13-15-27)33-22(2)34/h7-16,19-20H,17-18H2,1-6H3,(H,33,34)/b21-19+. The second kappa shape index (κ2) is 9.77. The SMILES string of the molecule is CC(=O)Nc1ccc(OC(=O)c2ccc(/C=C(\C)c3ccc4c(c3)C(C)(C)CCC4(C)C)cc2)cc1. The van der Waals surface area contributed by atoms with Gasteiger partial charge in [-0.2, -0.15) is 0 Å². The van der Waals surface area contributed by atoms with E-state index >= 15 is 0 Å². The number of carbonyl (C=O) groups excluding carboxylic acids is 2. The summed E-state index contributed by atoms with van der Waals surface area (Å²) in [5.41, 5.74) is 7.87. The number of rotatable bonds is 5. The largest absolute Gasteiger partial charge is 0.423 e. The van der Waals surface area contributed by atoms with Crippen molar-refractivity contribution in [2.45, 2.75) is 65.2 Å². The minimum atomic E-state index is -0.422. The fraction of sp³-hybridized carbons (Fsp3) is 0.312. The first-order valence-electron chi connectivity index (χ1n) is 12.5.